The Morgan fingerprint density at radius 1 is 1.18 bits per heavy atom. The van der Waals surface area contributed by atoms with E-state index in [2.05, 4.69) is 10.3 Å². The summed E-state index contributed by atoms with van der Waals surface area (Å²) in [4.78, 5) is 27.7. The molecule has 176 valence electrons. The highest BCUT2D eigenvalue weighted by Gasteiger charge is 2.23. The molecular formula is C21H24N4O6S2. The molecule has 0 fully saturated rings. The van der Waals surface area contributed by atoms with Crippen molar-refractivity contribution in [2.45, 2.75) is 31.6 Å². The summed E-state index contributed by atoms with van der Waals surface area (Å²) in [5.41, 5.74) is 0.512. The van der Waals surface area contributed by atoms with E-state index in [-0.39, 0.29) is 27.0 Å². The van der Waals surface area contributed by atoms with E-state index in [9.17, 15) is 23.3 Å². The van der Waals surface area contributed by atoms with Crippen molar-refractivity contribution in [2.75, 3.05) is 25.5 Å². The number of benzene rings is 2. The van der Waals surface area contributed by atoms with Crippen molar-refractivity contribution in [3.63, 3.8) is 0 Å². The Kier molecular flexibility index (Phi) is 7.61. The Bertz CT molecular complexity index is 1270. The van der Waals surface area contributed by atoms with Gasteiger partial charge in [-0.2, -0.15) is 4.31 Å². The predicted molar refractivity (Wildman–Crippen MR) is 127 cm³/mol. The molecule has 1 N–H and O–H groups in total. The molecule has 1 heterocycles. The number of ether oxygens (including phenoxy) is 1. The molecule has 0 unspecified atom stereocenters. The van der Waals surface area contributed by atoms with Crippen LogP contribution < -0.4 is 10.1 Å². The number of nitro benzene ring substituents is 1. The molecular weight excluding hydrogens is 468 g/mol. The van der Waals surface area contributed by atoms with E-state index in [1.165, 1.54) is 47.8 Å². The largest absolute Gasteiger partial charge is 0.494 e. The first kappa shape index (κ1) is 24.6. The Hall–Kier alpha value is -3.09. The summed E-state index contributed by atoms with van der Waals surface area (Å²) in [6.45, 7) is 4.69. The maximum absolute atomic E-state index is 12.9. The van der Waals surface area contributed by atoms with Crippen LogP contribution in [0.25, 0.3) is 10.2 Å². The molecule has 33 heavy (non-hydrogen) atoms. The second-order valence-electron chi connectivity index (χ2n) is 7.15. The molecule has 1 aromatic heterocycles. The Morgan fingerprint density at radius 3 is 2.36 bits per heavy atom. The first-order valence-electron chi connectivity index (χ1n) is 10.3. The molecule has 2 aromatic carbocycles. The van der Waals surface area contributed by atoms with Crippen LogP contribution in [0.15, 0.2) is 41.3 Å². The number of nitrogens with zero attached hydrogens (tertiary/aromatic N) is 3. The fourth-order valence-corrected chi connectivity index (χ4v) is 5.78. The van der Waals surface area contributed by atoms with Gasteiger partial charge in [0.1, 0.15) is 5.52 Å². The molecule has 0 aliphatic carbocycles. The zero-order chi connectivity index (χ0) is 24.2. The van der Waals surface area contributed by atoms with Gasteiger partial charge in [0.15, 0.2) is 10.9 Å². The fourth-order valence-electron chi connectivity index (χ4n) is 3.25. The van der Waals surface area contributed by atoms with Crippen LogP contribution in [-0.4, -0.2) is 48.7 Å². The van der Waals surface area contributed by atoms with Gasteiger partial charge in [0, 0.05) is 24.7 Å². The van der Waals surface area contributed by atoms with Crippen molar-refractivity contribution in [3.8, 4) is 5.75 Å². The van der Waals surface area contributed by atoms with Crippen molar-refractivity contribution < 1.29 is 22.9 Å². The van der Waals surface area contributed by atoms with Gasteiger partial charge in [0.2, 0.25) is 10.0 Å². The van der Waals surface area contributed by atoms with E-state index in [0.29, 0.717) is 36.1 Å². The zero-order valence-corrected chi connectivity index (χ0v) is 20.0. The predicted octanol–water partition coefficient (Wildman–Crippen LogP) is 4.28. The van der Waals surface area contributed by atoms with Crippen molar-refractivity contribution in [2.24, 2.45) is 0 Å². The number of nitro groups is 1. The summed E-state index contributed by atoms with van der Waals surface area (Å²) < 4.78 is 32.9. The van der Waals surface area contributed by atoms with Crippen LogP contribution in [-0.2, 0) is 10.0 Å². The SMILES string of the molecule is CCCN(CCC)S(=O)(=O)c1ccc(C(=O)Nc2nc3c(OC)cc([N+](=O)[O-])cc3s2)cc1. The molecule has 0 aliphatic heterocycles. The second-order valence-corrected chi connectivity index (χ2v) is 10.1. The maximum atomic E-state index is 12.9. The number of thiazole rings is 1. The molecule has 0 bridgehead atoms. The quantitative estimate of drug-likeness (QED) is 0.330. The summed E-state index contributed by atoms with van der Waals surface area (Å²) in [5, 5.41) is 14.0. The fraction of sp³-hybridized carbons (Fsp3) is 0.333. The number of sulfonamides is 1. The van der Waals surface area contributed by atoms with E-state index in [4.69, 9.17) is 4.74 Å². The van der Waals surface area contributed by atoms with E-state index in [1.54, 1.807) is 0 Å². The third-order valence-corrected chi connectivity index (χ3v) is 7.63. The van der Waals surface area contributed by atoms with E-state index in [1.807, 2.05) is 13.8 Å². The molecule has 1 amide bonds. The van der Waals surface area contributed by atoms with Gasteiger partial charge in [0.25, 0.3) is 11.6 Å². The van der Waals surface area contributed by atoms with Gasteiger partial charge >= 0.3 is 0 Å². The van der Waals surface area contributed by atoms with E-state index < -0.39 is 20.9 Å². The van der Waals surface area contributed by atoms with Gasteiger partial charge in [-0.05, 0) is 37.1 Å². The number of anilines is 1. The Morgan fingerprint density at radius 2 is 1.82 bits per heavy atom. The van der Waals surface area contributed by atoms with Gasteiger partial charge in [-0.25, -0.2) is 13.4 Å². The number of nitrogens with one attached hydrogen (secondary N) is 1. The number of non-ortho nitro benzene ring substituents is 1. The molecule has 3 rings (SSSR count). The van der Waals surface area contributed by atoms with Gasteiger partial charge < -0.3 is 4.74 Å². The van der Waals surface area contributed by atoms with Crippen molar-refractivity contribution >= 4 is 48.3 Å². The lowest BCUT2D eigenvalue weighted by atomic mass is 10.2. The lowest BCUT2D eigenvalue weighted by Crippen LogP contribution is -2.32. The monoisotopic (exact) mass is 492 g/mol. The number of aromatic nitrogens is 1. The van der Waals surface area contributed by atoms with Crippen LogP contribution in [0, 0.1) is 10.1 Å². The third-order valence-electron chi connectivity index (χ3n) is 4.80. The van der Waals surface area contributed by atoms with Crippen LogP contribution in [0.3, 0.4) is 0 Å². The lowest BCUT2D eigenvalue weighted by Gasteiger charge is -2.21. The first-order valence-corrected chi connectivity index (χ1v) is 12.5. The highest BCUT2D eigenvalue weighted by Crippen LogP contribution is 2.36. The van der Waals surface area contributed by atoms with Gasteiger partial charge in [-0.15, -0.1) is 0 Å². The summed E-state index contributed by atoms with van der Waals surface area (Å²) >= 11 is 1.07. The smallest absolute Gasteiger partial charge is 0.274 e. The summed E-state index contributed by atoms with van der Waals surface area (Å²) in [5.74, 6) is -0.250. The van der Waals surface area contributed by atoms with Crippen LogP contribution >= 0.6 is 11.3 Å². The van der Waals surface area contributed by atoms with Crippen LogP contribution in [0.1, 0.15) is 37.0 Å². The van der Waals surface area contributed by atoms with E-state index >= 15 is 0 Å². The third kappa shape index (κ3) is 5.29. The maximum Gasteiger partial charge on any atom is 0.274 e. The zero-order valence-electron chi connectivity index (χ0n) is 18.4. The van der Waals surface area contributed by atoms with Crippen molar-refractivity contribution in [1.82, 2.24) is 9.29 Å². The average Bonchev–Trinajstić information content (AvgIpc) is 3.20. The Balaban J connectivity index is 1.82. The average molecular weight is 493 g/mol. The molecule has 3 aromatic rings. The number of rotatable bonds is 10. The van der Waals surface area contributed by atoms with Gasteiger partial charge in [-0.3, -0.25) is 20.2 Å². The minimum Gasteiger partial charge on any atom is -0.494 e. The number of hydrogen-bond acceptors (Lipinski definition) is 8. The highest BCUT2D eigenvalue weighted by molar-refractivity contribution is 7.89. The molecule has 0 atom stereocenters. The standard InChI is InChI=1S/C21H24N4O6S2/c1-4-10-24(11-5-2)33(29,30)16-8-6-14(7-9-16)20(26)23-21-22-19-17(31-3)12-15(25(27)28)13-18(19)32-21/h6-9,12-13H,4-5,10-11H2,1-3H3,(H,22,23,26). The summed E-state index contributed by atoms with van der Waals surface area (Å²) in [7, 11) is -2.26. The number of carbonyl (C=O) groups is 1. The highest BCUT2D eigenvalue weighted by atomic mass is 32.2. The summed E-state index contributed by atoms with van der Waals surface area (Å²) in [6, 6.07) is 8.34. The van der Waals surface area contributed by atoms with Crippen molar-refractivity contribution in [3.05, 3.63) is 52.1 Å². The number of methoxy groups -OCH3 is 1. The Labute approximate surface area is 195 Å². The molecule has 12 heteroatoms. The second kappa shape index (κ2) is 10.2. The number of amides is 1. The van der Waals surface area contributed by atoms with Gasteiger partial charge in [0.05, 0.1) is 27.7 Å². The topological polar surface area (TPSA) is 132 Å². The molecule has 0 saturated heterocycles. The molecule has 0 radical (unpaired) electrons. The number of hydrogen-bond donors (Lipinski definition) is 1. The van der Waals surface area contributed by atoms with Crippen molar-refractivity contribution in [1.29, 1.82) is 0 Å². The number of fused-ring (bicyclic) bond motifs is 1. The van der Waals surface area contributed by atoms with Gasteiger partial charge in [-0.1, -0.05) is 25.2 Å². The van der Waals surface area contributed by atoms with Crippen LogP contribution in [0.4, 0.5) is 10.8 Å². The first-order chi connectivity index (χ1) is 15.7. The van der Waals surface area contributed by atoms with Crippen LogP contribution in [0.5, 0.6) is 5.75 Å². The van der Waals surface area contributed by atoms with Crippen LogP contribution in [0.2, 0.25) is 0 Å². The molecule has 0 saturated carbocycles. The lowest BCUT2D eigenvalue weighted by molar-refractivity contribution is -0.384. The summed E-state index contributed by atoms with van der Waals surface area (Å²) in [6.07, 6.45) is 1.41. The minimum atomic E-state index is -3.64. The number of carbonyl (C=O) groups excluding carboxylic acids is 1. The van der Waals surface area contributed by atoms with E-state index in [0.717, 1.165) is 11.3 Å². The minimum absolute atomic E-state index is 0.123. The molecule has 0 aliphatic rings. The molecule has 10 nitrogen and oxygen atoms in total. The normalized spacial score (nSPS) is 11.6. The molecule has 0 spiro atoms.